The third-order valence-electron chi connectivity index (χ3n) is 2.91. The molecule has 0 spiro atoms. The zero-order valence-electron chi connectivity index (χ0n) is 12.8. The fraction of sp³-hybridized carbons (Fsp3) is 0.857. The summed E-state index contributed by atoms with van der Waals surface area (Å²) in [5.41, 5.74) is 0. The van der Waals surface area contributed by atoms with Crippen molar-refractivity contribution in [3.05, 3.63) is 0 Å². The molecule has 0 rings (SSSR count). The van der Waals surface area contributed by atoms with Crippen LogP contribution in [0.5, 0.6) is 0 Å². The summed E-state index contributed by atoms with van der Waals surface area (Å²) in [7, 11) is 0. The molecule has 0 bridgehead atoms. The Kier molecular flexibility index (Phi) is 10.2. The van der Waals surface area contributed by atoms with Gasteiger partial charge in [0.1, 0.15) is 0 Å². The van der Waals surface area contributed by atoms with Crippen LogP contribution in [0.25, 0.3) is 0 Å². The number of hydrogen-bond acceptors (Lipinski definition) is 3. The van der Waals surface area contributed by atoms with E-state index in [1.165, 1.54) is 0 Å². The highest BCUT2D eigenvalue weighted by Crippen LogP contribution is 1.94. The van der Waals surface area contributed by atoms with Crippen molar-refractivity contribution in [3.8, 4) is 0 Å². The molecule has 0 heterocycles. The Morgan fingerprint density at radius 1 is 1.05 bits per heavy atom. The zero-order valence-corrected chi connectivity index (χ0v) is 12.8. The van der Waals surface area contributed by atoms with Crippen LogP contribution in [0.2, 0.25) is 0 Å². The van der Waals surface area contributed by atoms with Crippen LogP contribution in [0, 0.1) is 0 Å². The summed E-state index contributed by atoms with van der Waals surface area (Å²) in [6, 6.07) is 0.453. The lowest BCUT2D eigenvalue weighted by Gasteiger charge is -2.18. The van der Waals surface area contributed by atoms with Gasteiger partial charge in [0, 0.05) is 38.5 Å². The molecular weight excluding hydrogens is 242 g/mol. The van der Waals surface area contributed by atoms with Gasteiger partial charge in [-0.2, -0.15) is 0 Å². The molecule has 0 aliphatic carbocycles. The first-order chi connectivity index (χ1) is 9.01. The van der Waals surface area contributed by atoms with Crippen molar-refractivity contribution in [1.82, 2.24) is 15.5 Å². The van der Waals surface area contributed by atoms with Crippen molar-refractivity contribution in [2.24, 2.45) is 0 Å². The lowest BCUT2D eigenvalue weighted by atomic mass is 10.2. The van der Waals surface area contributed by atoms with Crippen LogP contribution in [-0.4, -0.2) is 48.9 Å². The first-order valence-corrected chi connectivity index (χ1v) is 7.29. The Bertz CT molecular complexity index is 263. The molecule has 0 aromatic carbocycles. The van der Waals surface area contributed by atoms with Crippen molar-refractivity contribution in [2.45, 2.75) is 53.0 Å². The third kappa shape index (κ3) is 9.47. The maximum Gasteiger partial charge on any atom is 0.224 e. The Morgan fingerprint density at radius 2 is 1.68 bits per heavy atom. The summed E-state index contributed by atoms with van der Waals surface area (Å²) in [6.45, 7) is 10.8. The Hall–Kier alpha value is -1.10. The predicted octanol–water partition coefficient (Wildman–Crippen LogP) is 1.14. The number of hydrogen-bond donors (Lipinski definition) is 2. The van der Waals surface area contributed by atoms with E-state index in [1.54, 1.807) is 4.90 Å². The highest BCUT2D eigenvalue weighted by molar-refractivity contribution is 5.79. The molecule has 0 aromatic heterocycles. The van der Waals surface area contributed by atoms with Gasteiger partial charge in [0.15, 0.2) is 0 Å². The summed E-state index contributed by atoms with van der Waals surface area (Å²) < 4.78 is 0. The number of rotatable bonds is 10. The van der Waals surface area contributed by atoms with Gasteiger partial charge in [-0.05, 0) is 26.8 Å². The Labute approximate surface area is 117 Å². The van der Waals surface area contributed by atoms with Crippen LogP contribution in [-0.2, 0) is 9.59 Å². The van der Waals surface area contributed by atoms with Crippen molar-refractivity contribution in [2.75, 3.05) is 26.2 Å². The maximum atomic E-state index is 11.7. The number of amides is 2. The number of carbonyl (C=O) groups is 2. The molecule has 0 saturated heterocycles. The summed E-state index contributed by atoms with van der Waals surface area (Å²) in [5, 5.41) is 6.06. The van der Waals surface area contributed by atoms with Crippen LogP contribution >= 0.6 is 0 Å². The van der Waals surface area contributed by atoms with Gasteiger partial charge < -0.3 is 15.5 Å². The molecule has 0 fully saturated rings. The summed E-state index contributed by atoms with van der Waals surface area (Å²) >= 11 is 0. The van der Waals surface area contributed by atoms with Crippen molar-refractivity contribution in [1.29, 1.82) is 0 Å². The smallest absolute Gasteiger partial charge is 0.224 e. The standard InChI is InChI=1S/C14H29N3O2/c1-5-17(6-2)14(19)9-11-16-13(18)8-7-10-15-12(3)4/h12,15H,5-11H2,1-4H3,(H,16,18). The van der Waals surface area contributed by atoms with Gasteiger partial charge in [-0.25, -0.2) is 0 Å². The largest absolute Gasteiger partial charge is 0.356 e. The van der Waals surface area contributed by atoms with Gasteiger partial charge in [-0.1, -0.05) is 13.8 Å². The topological polar surface area (TPSA) is 61.4 Å². The molecule has 0 atom stereocenters. The summed E-state index contributed by atoms with van der Waals surface area (Å²) in [5.74, 6) is 0.129. The number of carbonyl (C=O) groups excluding carboxylic acids is 2. The van der Waals surface area contributed by atoms with Gasteiger partial charge in [-0.3, -0.25) is 9.59 Å². The highest BCUT2D eigenvalue weighted by atomic mass is 16.2. The molecule has 5 heteroatoms. The van der Waals surface area contributed by atoms with E-state index in [2.05, 4.69) is 24.5 Å². The van der Waals surface area contributed by atoms with E-state index < -0.39 is 0 Å². The summed E-state index contributed by atoms with van der Waals surface area (Å²) in [4.78, 5) is 25.0. The van der Waals surface area contributed by atoms with Gasteiger partial charge in [0.25, 0.3) is 0 Å². The molecule has 19 heavy (non-hydrogen) atoms. The second-order valence-electron chi connectivity index (χ2n) is 4.88. The van der Waals surface area contributed by atoms with Gasteiger partial charge in [0.2, 0.25) is 11.8 Å². The third-order valence-corrected chi connectivity index (χ3v) is 2.91. The molecule has 0 aliphatic heterocycles. The van der Waals surface area contributed by atoms with Gasteiger partial charge >= 0.3 is 0 Å². The minimum atomic E-state index is 0.0258. The van der Waals surface area contributed by atoms with Crippen LogP contribution in [0.4, 0.5) is 0 Å². The number of nitrogens with one attached hydrogen (secondary N) is 2. The minimum absolute atomic E-state index is 0.0258. The quantitative estimate of drug-likeness (QED) is 0.586. The maximum absolute atomic E-state index is 11.7. The molecule has 0 aromatic rings. The zero-order chi connectivity index (χ0) is 14.7. The molecule has 2 amide bonds. The minimum Gasteiger partial charge on any atom is -0.356 e. The molecule has 0 aliphatic rings. The lowest BCUT2D eigenvalue weighted by molar-refractivity contribution is -0.130. The SMILES string of the molecule is CCN(CC)C(=O)CCNC(=O)CCCNC(C)C. The van der Waals surface area contributed by atoms with E-state index in [4.69, 9.17) is 0 Å². The van der Waals surface area contributed by atoms with Gasteiger partial charge in [-0.15, -0.1) is 0 Å². The second kappa shape index (κ2) is 10.8. The van der Waals surface area contributed by atoms with E-state index in [0.717, 1.165) is 26.1 Å². The van der Waals surface area contributed by atoms with Crippen LogP contribution < -0.4 is 10.6 Å². The Morgan fingerprint density at radius 3 is 2.21 bits per heavy atom. The Balaban J connectivity index is 3.60. The fourth-order valence-electron chi connectivity index (χ4n) is 1.77. The highest BCUT2D eigenvalue weighted by Gasteiger charge is 2.09. The lowest BCUT2D eigenvalue weighted by Crippen LogP contribution is -2.34. The molecular formula is C14H29N3O2. The first kappa shape index (κ1) is 17.9. The van der Waals surface area contributed by atoms with E-state index in [1.807, 2.05) is 13.8 Å². The van der Waals surface area contributed by atoms with Crippen molar-refractivity contribution < 1.29 is 9.59 Å². The van der Waals surface area contributed by atoms with E-state index in [-0.39, 0.29) is 11.8 Å². The van der Waals surface area contributed by atoms with E-state index >= 15 is 0 Å². The normalized spacial score (nSPS) is 10.6. The fourth-order valence-corrected chi connectivity index (χ4v) is 1.77. The molecule has 0 unspecified atom stereocenters. The summed E-state index contributed by atoms with van der Waals surface area (Å²) in [6.07, 6.45) is 1.73. The average Bonchev–Trinajstić information content (AvgIpc) is 2.36. The van der Waals surface area contributed by atoms with E-state index in [0.29, 0.717) is 25.4 Å². The van der Waals surface area contributed by atoms with E-state index in [9.17, 15) is 9.59 Å². The van der Waals surface area contributed by atoms with Crippen LogP contribution in [0.1, 0.15) is 47.0 Å². The van der Waals surface area contributed by atoms with Crippen molar-refractivity contribution >= 4 is 11.8 Å². The molecule has 112 valence electrons. The van der Waals surface area contributed by atoms with Crippen LogP contribution in [0.3, 0.4) is 0 Å². The molecule has 0 radical (unpaired) electrons. The van der Waals surface area contributed by atoms with Crippen molar-refractivity contribution in [3.63, 3.8) is 0 Å². The average molecular weight is 271 g/mol. The first-order valence-electron chi connectivity index (χ1n) is 7.29. The number of nitrogens with zero attached hydrogens (tertiary/aromatic N) is 1. The molecule has 2 N–H and O–H groups in total. The molecule has 0 saturated carbocycles. The van der Waals surface area contributed by atoms with Gasteiger partial charge in [0.05, 0.1) is 0 Å². The molecule has 5 nitrogen and oxygen atoms in total. The monoisotopic (exact) mass is 271 g/mol. The predicted molar refractivity (Wildman–Crippen MR) is 77.9 cm³/mol. The van der Waals surface area contributed by atoms with Crippen LogP contribution in [0.15, 0.2) is 0 Å². The second-order valence-corrected chi connectivity index (χ2v) is 4.88.